The number of amides is 1. The summed E-state index contributed by atoms with van der Waals surface area (Å²) in [5, 5.41) is 19.8. The van der Waals surface area contributed by atoms with Gasteiger partial charge in [0.1, 0.15) is 11.9 Å². The first-order valence-corrected chi connectivity index (χ1v) is 8.26. The second kappa shape index (κ2) is 7.58. The van der Waals surface area contributed by atoms with Crippen molar-refractivity contribution in [2.24, 2.45) is 0 Å². The third-order valence-electron chi connectivity index (χ3n) is 3.91. The lowest BCUT2D eigenvalue weighted by atomic mass is 10.2. The average Bonchev–Trinajstić information content (AvgIpc) is 3.27. The van der Waals surface area contributed by atoms with Crippen LogP contribution in [0.3, 0.4) is 0 Å². The second-order valence-corrected chi connectivity index (χ2v) is 6.21. The number of hydrogen-bond donors (Lipinski definition) is 2. The molecule has 0 aliphatic rings. The Morgan fingerprint density at radius 2 is 2.07 bits per heavy atom. The van der Waals surface area contributed by atoms with E-state index in [2.05, 4.69) is 15.5 Å². The number of aromatic carboxylic acids is 1. The molecule has 0 aliphatic carbocycles. The fourth-order valence-electron chi connectivity index (χ4n) is 2.39. The minimum atomic E-state index is -1.12. The van der Waals surface area contributed by atoms with E-state index in [9.17, 15) is 14.0 Å². The number of nitrogens with one attached hydrogen (secondary N) is 1. The molecule has 10 heteroatoms. The van der Waals surface area contributed by atoms with Crippen LogP contribution < -0.4 is 5.32 Å². The van der Waals surface area contributed by atoms with Gasteiger partial charge in [0, 0.05) is 23.0 Å². The summed E-state index contributed by atoms with van der Waals surface area (Å²) >= 11 is 6.00. The molecule has 1 aromatic carbocycles. The van der Waals surface area contributed by atoms with Gasteiger partial charge in [0.2, 0.25) is 5.91 Å². The maximum atomic E-state index is 13.9. The summed E-state index contributed by atoms with van der Waals surface area (Å²) in [5.74, 6) is -1.97. The number of hydrogen-bond acceptors (Lipinski definition) is 4. The number of carboxylic acids is 1. The molecule has 2 heterocycles. The Hall–Kier alpha value is -3.20. The topological polar surface area (TPSA) is 102 Å². The molecule has 3 aromatic rings. The highest BCUT2D eigenvalue weighted by Crippen LogP contribution is 2.20. The van der Waals surface area contributed by atoms with Crippen molar-refractivity contribution in [1.82, 2.24) is 19.6 Å². The Kier molecular flexibility index (Phi) is 5.22. The fraction of sp³-hybridized carbons (Fsp3) is 0.176. The molecular weight excluding hydrogens is 377 g/mol. The van der Waals surface area contributed by atoms with Gasteiger partial charge >= 0.3 is 5.97 Å². The normalized spacial score (nSPS) is 12.0. The lowest BCUT2D eigenvalue weighted by molar-refractivity contribution is -0.119. The van der Waals surface area contributed by atoms with Crippen LogP contribution >= 0.6 is 11.6 Å². The molecule has 1 atom stereocenters. The van der Waals surface area contributed by atoms with E-state index < -0.39 is 23.7 Å². The molecule has 0 saturated heterocycles. The van der Waals surface area contributed by atoms with Crippen molar-refractivity contribution in [2.75, 3.05) is 5.32 Å². The molecule has 3 rings (SSSR count). The van der Waals surface area contributed by atoms with E-state index >= 15 is 0 Å². The van der Waals surface area contributed by atoms with Crippen LogP contribution in [0.1, 0.15) is 28.9 Å². The molecule has 2 aromatic heterocycles. The Balaban J connectivity index is 1.67. The number of carboxylic acid groups (broad SMARTS) is 1. The van der Waals surface area contributed by atoms with E-state index in [0.29, 0.717) is 11.3 Å². The maximum absolute atomic E-state index is 13.9. The van der Waals surface area contributed by atoms with Crippen molar-refractivity contribution < 1.29 is 19.1 Å². The van der Waals surface area contributed by atoms with Gasteiger partial charge in [0.25, 0.3) is 0 Å². The van der Waals surface area contributed by atoms with Crippen molar-refractivity contribution in [3.05, 3.63) is 65.0 Å². The van der Waals surface area contributed by atoms with Crippen LogP contribution in [0.5, 0.6) is 0 Å². The summed E-state index contributed by atoms with van der Waals surface area (Å²) in [4.78, 5) is 23.2. The quantitative estimate of drug-likeness (QED) is 0.672. The first-order chi connectivity index (χ1) is 12.8. The van der Waals surface area contributed by atoms with Gasteiger partial charge in [0.05, 0.1) is 30.2 Å². The lowest BCUT2D eigenvalue weighted by Crippen LogP contribution is -2.23. The van der Waals surface area contributed by atoms with Gasteiger partial charge in [-0.25, -0.2) is 9.18 Å². The standard InChI is InChI=1S/C17H15ClFN5O3/c1-10(24-7-11(5-21-24)17(26)27)16(25)22-12-6-20-23(8-12)9-13-14(18)3-2-4-15(13)19/h2-8,10H,9H2,1H3,(H,22,25)(H,26,27). The number of carbonyl (C=O) groups is 2. The van der Waals surface area contributed by atoms with Crippen LogP contribution in [0, 0.1) is 5.82 Å². The highest BCUT2D eigenvalue weighted by Gasteiger charge is 2.18. The number of rotatable bonds is 6. The zero-order chi connectivity index (χ0) is 19.6. The third-order valence-corrected chi connectivity index (χ3v) is 4.26. The molecule has 27 heavy (non-hydrogen) atoms. The van der Waals surface area contributed by atoms with Crippen molar-refractivity contribution in [3.8, 4) is 0 Å². The highest BCUT2D eigenvalue weighted by molar-refractivity contribution is 6.31. The van der Waals surface area contributed by atoms with Crippen LogP contribution in [-0.4, -0.2) is 36.5 Å². The van der Waals surface area contributed by atoms with E-state index in [4.69, 9.17) is 16.7 Å². The predicted octanol–water partition coefficient (Wildman–Crippen LogP) is 2.82. The van der Waals surface area contributed by atoms with E-state index in [-0.39, 0.29) is 17.1 Å². The summed E-state index contributed by atoms with van der Waals surface area (Å²) in [5.41, 5.74) is 0.695. The molecule has 1 unspecified atom stereocenters. The van der Waals surface area contributed by atoms with Gasteiger partial charge in [-0.1, -0.05) is 17.7 Å². The summed E-state index contributed by atoms with van der Waals surface area (Å²) in [7, 11) is 0. The Morgan fingerprint density at radius 1 is 1.30 bits per heavy atom. The number of benzene rings is 1. The molecule has 0 saturated carbocycles. The van der Waals surface area contributed by atoms with E-state index in [1.54, 1.807) is 19.2 Å². The maximum Gasteiger partial charge on any atom is 0.338 e. The van der Waals surface area contributed by atoms with Gasteiger partial charge in [-0.3, -0.25) is 14.2 Å². The van der Waals surface area contributed by atoms with Gasteiger partial charge in [-0.05, 0) is 19.1 Å². The molecule has 2 N–H and O–H groups in total. The molecule has 0 aliphatic heterocycles. The molecule has 1 amide bonds. The summed E-state index contributed by atoms with van der Waals surface area (Å²) < 4.78 is 16.6. The van der Waals surface area contributed by atoms with E-state index in [1.165, 1.54) is 40.1 Å². The smallest absolute Gasteiger partial charge is 0.338 e. The molecule has 0 radical (unpaired) electrons. The summed E-state index contributed by atoms with van der Waals surface area (Å²) in [6.07, 6.45) is 5.41. The van der Waals surface area contributed by atoms with Crippen LogP contribution in [-0.2, 0) is 11.3 Å². The number of anilines is 1. The zero-order valence-electron chi connectivity index (χ0n) is 14.1. The minimum absolute atomic E-state index is 0.00997. The fourth-order valence-corrected chi connectivity index (χ4v) is 2.61. The Morgan fingerprint density at radius 3 is 2.74 bits per heavy atom. The molecule has 0 bridgehead atoms. The number of halogens is 2. The highest BCUT2D eigenvalue weighted by atomic mass is 35.5. The molecule has 0 spiro atoms. The van der Waals surface area contributed by atoms with Gasteiger partial charge in [-0.15, -0.1) is 0 Å². The van der Waals surface area contributed by atoms with Crippen LogP contribution in [0.25, 0.3) is 0 Å². The zero-order valence-corrected chi connectivity index (χ0v) is 14.9. The lowest BCUT2D eigenvalue weighted by Gasteiger charge is -2.11. The minimum Gasteiger partial charge on any atom is -0.478 e. The molecule has 0 fully saturated rings. The largest absolute Gasteiger partial charge is 0.478 e. The van der Waals surface area contributed by atoms with Gasteiger partial charge in [-0.2, -0.15) is 10.2 Å². The Bertz CT molecular complexity index is 980. The molecule has 140 valence electrons. The first kappa shape index (κ1) is 18.6. The third kappa shape index (κ3) is 4.14. The van der Waals surface area contributed by atoms with Crippen LogP contribution in [0.2, 0.25) is 5.02 Å². The van der Waals surface area contributed by atoms with Crippen molar-refractivity contribution >= 4 is 29.2 Å². The van der Waals surface area contributed by atoms with Crippen molar-refractivity contribution in [1.29, 1.82) is 0 Å². The van der Waals surface area contributed by atoms with E-state index in [0.717, 1.165) is 0 Å². The van der Waals surface area contributed by atoms with Crippen molar-refractivity contribution in [2.45, 2.75) is 19.5 Å². The number of aromatic nitrogens is 4. The molecule has 8 nitrogen and oxygen atoms in total. The predicted molar refractivity (Wildman–Crippen MR) is 95.3 cm³/mol. The monoisotopic (exact) mass is 391 g/mol. The number of carbonyl (C=O) groups excluding carboxylic acids is 1. The Labute approximate surface area is 158 Å². The van der Waals surface area contributed by atoms with Gasteiger partial charge in [0.15, 0.2) is 0 Å². The summed E-state index contributed by atoms with van der Waals surface area (Å²) in [6, 6.07) is 3.68. The first-order valence-electron chi connectivity index (χ1n) is 7.89. The van der Waals surface area contributed by atoms with Gasteiger partial charge < -0.3 is 10.4 Å². The van der Waals surface area contributed by atoms with Crippen LogP contribution in [0.4, 0.5) is 10.1 Å². The summed E-state index contributed by atoms with van der Waals surface area (Å²) in [6.45, 7) is 1.69. The number of nitrogens with zero attached hydrogens (tertiary/aromatic N) is 4. The molecular formula is C17H15ClFN5O3. The van der Waals surface area contributed by atoms with E-state index in [1.807, 2.05) is 0 Å². The van der Waals surface area contributed by atoms with Crippen molar-refractivity contribution in [3.63, 3.8) is 0 Å². The SMILES string of the molecule is CC(C(=O)Nc1cnn(Cc2c(F)cccc2Cl)c1)n1cc(C(=O)O)cn1. The average molecular weight is 392 g/mol. The van der Waals surface area contributed by atoms with Crippen LogP contribution in [0.15, 0.2) is 43.0 Å². The second-order valence-electron chi connectivity index (χ2n) is 5.81.